The fraction of sp³-hybridized carbons (Fsp3) is 0.909. The average Bonchev–Trinajstić information content (AvgIpc) is 2.50. The SMILES string of the molecule is CCNCC(=O)N1CCCCCC1CO. The molecule has 0 bridgehead atoms. The molecule has 0 spiro atoms. The number of nitrogens with one attached hydrogen (secondary N) is 1. The minimum absolute atomic E-state index is 0.0404. The van der Waals surface area contributed by atoms with Crippen LogP contribution in [0.2, 0.25) is 0 Å². The Morgan fingerprint density at radius 1 is 1.47 bits per heavy atom. The van der Waals surface area contributed by atoms with E-state index in [-0.39, 0.29) is 18.6 Å². The molecule has 1 aliphatic heterocycles. The van der Waals surface area contributed by atoms with Gasteiger partial charge in [0.15, 0.2) is 0 Å². The highest BCUT2D eigenvalue weighted by atomic mass is 16.3. The van der Waals surface area contributed by atoms with E-state index in [0.717, 1.165) is 32.4 Å². The zero-order valence-corrected chi connectivity index (χ0v) is 9.54. The molecule has 1 saturated heterocycles. The Labute approximate surface area is 91.6 Å². The second-order valence-electron chi connectivity index (χ2n) is 4.05. The van der Waals surface area contributed by atoms with Gasteiger partial charge in [-0.15, -0.1) is 0 Å². The minimum Gasteiger partial charge on any atom is -0.394 e. The number of hydrogen-bond acceptors (Lipinski definition) is 3. The van der Waals surface area contributed by atoms with Gasteiger partial charge in [0.2, 0.25) is 5.91 Å². The fourth-order valence-corrected chi connectivity index (χ4v) is 2.03. The number of carbonyl (C=O) groups excluding carboxylic acids is 1. The molecule has 1 aliphatic rings. The third-order valence-corrected chi connectivity index (χ3v) is 2.93. The lowest BCUT2D eigenvalue weighted by Crippen LogP contribution is -2.45. The molecule has 1 fully saturated rings. The Bertz CT molecular complexity index is 197. The van der Waals surface area contributed by atoms with E-state index in [1.54, 1.807) is 0 Å². The van der Waals surface area contributed by atoms with E-state index < -0.39 is 0 Å². The summed E-state index contributed by atoms with van der Waals surface area (Å²) in [4.78, 5) is 13.7. The van der Waals surface area contributed by atoms with E-state index in [1.807, 2.05) is 11.8 Å². The molecule has 0 aromatic heterocycles. The zero-order chi connectivity index (χ0) is 11.1. The summed E-state index contributed by atoms with van der Waals surface area (Å²) < 4.78 is 0. The number of rotatable bonds is 4. The maximum Gasteiger partial charge on any atom is 0.236 e. The molecule has 1 amide bonds. The molecule has 0 aliphatic carbocycles. The van der Waals surface area contributed by atoms with Crippen molar-refractivity contribution in [3.8, 4) is 0 Å². The third-order valence-electron chi connectivity index (χ3n) is 2.93. The molecule has 0 aromatic carbocycles. The largest absolute Gasteiger partial charge is 0.394 e. The van der Waals surface area contributed by atoms with Gasteiger partial charge in [-0.1, -0.05) is 19.8 Å². The number of nitrogens with zero attached hydrogens (tertiary/aromatic N) is 1. The molecular weight excluding hydrogens is 192 g/mol. The van der Waals surface area contributed by atoms with E-state index >= 15 is 0 Å². The zero-order valence-electron chi connectivity index (χ0n) is 9.54. The van der Waals surface area contributed by atoms with Crippen LogP contribution in [0, 0.1) is 0 Å². The van der Waals surface area contributed by atoms with Gasteiger partial charge in [-0.25, -0.2) is 0 Å². The van der Waals surface area contributed by atoms with Crippen molar-refractivity contribution in [1.82, 2.24) is 10.2 Å². The third kappa shape index (κ3) is 3.80. The Morgan fingerprint density at radius 3 is 2.93 bits per heavy atom. The summed E-state index contributed by atoms with van der Waals surface area (Å²) in [5.41, 5.74) is 0. The highest BCUT2D eigenvalue weighted by Gasteiger charge is 2.23. The summed E-state index contributed by atoms with van der Waals surface area (Å²) in [5.74, 6) is 0.123. The Morgan fingerprint density at radius 2 is 2.27 bits per heavy atom. The Balaban J connectivity index is 2.49. The molecule has 1 heterocycles. The van der Waals surface area contributed by atoms with Gasteiger partial charge in [-0.3, -0.25) is 4.79 Å². The van der Waals surface area contributed by atoms with Crippen molar-refractivity contribution in [3.05, 3.63) is 0 Å². The van der Waals surface area contributed by atoms with E-state index in [9.17, 15) is 9.90 Å². The standard InChI is InChI=1S/C11H22N2O2/c1-2-12-8-11(15)13-7-5-3-4-6-10(13)9-14/h10,12,14H,2-9H2,1H3. The summed E-state index contributed by atoms with van der Waals surface area (Å²) in [6.45, 7) is 4.09. The number of likely N-dealkylation sites (N-methyl/N-ethyl adjacent to an activating group) is 1. The van der Waals surface area contributed by atoms with Crippen molar-refractivity contribution >= 4 is 5.91 Å². The van der Waals surface area contributed by atoms with Crippen LogP contribution in [0.3, 0.4) is 0 Å². The summed E-state index contributed by atoms with van der Waals surface area (Å²) in [5, 5.41) is 12.3. The lowest BCUT2D eigenvalue weighted by Gasteiger charge is -2.28. The summed E-state index contributed by atoms with van der Waals surface area (Å²) >= 11 is 0. The topological polar surface area (TPSA) is 52.6 Å². The van der Waals surface area contributed by atoms with Crippen LogP contribution >= 0.6 is 0 Å². The van der Waals surface area contributed by atoms with Crippen molar-refractivity contribution in [2.24, 2.45) is 0 Å². The number of carbonyl (C=O) groups is 1. The van der Waals surface area contributed by atoms with E-state index in [0.29, 0.717) is 6.54 Å². The predicted molar refractivity (Wildman–Crippen MR) is 59.6 cm³/mol. The average molecular weight is 214 g/mol. The van der Waals surface area contributed by atoms with Crippen LogP contribution in [0.25, 0.3) is 0 Å². The number of amides is 1. The molecular formula is C11H22N2O2. The number of likely N-dealkylation sites (tertiary alicyclic amines) is 1. The maximum absolute atomic E-state index is 11.8. The fourth-order valence-electron chi connectivity index (χ4n) is 2.03. The quantitative estimate of drug-likeness (QED) is 0.710. The van der Waals surface area contributed by atoms with Crippen LogP contribution in [0.4, 0.5) is 0 Å². The molecule has 1 unspecified atom stereocenters. The van der Waals surface area contributed by atoms with Gasteiger partial charge >= 0.3 is 0 Å². The Hall–Kier alpha value is -0.610. The van der Waals surface area contributed by atoms with Crippen molar-refractivity contribution in [2.45, 2.75) is 38.6 Å². The minimum atomic E-state index is 0.0404. The van der Waals surface area contributed by atoms with Gasteiger partial charge in [-0.05, 0) is 19.4 Å². The number of hydrogen-bond donors (Lipinski definition) is 2. The first kappa shape index (κ1) is 12.5. The molecule has 2 N–H and O–H groups in total. The van der Waals surface area contributed by atoms with Gasteiger partial charge in [-0.2, -0.15) is 0 Å². The summed E-state index contributed by atoms with van der Waals surface area (Å²) in [6.07, 6.45) is 4.29. The monoisotopic (exact) mass is 214 g/mol. The van der Waals surface area contributed by atoms with E-state index in [1.165, 1.54) is 6.42 Å². The van der Waals surface area contributed by atoms with Crippen molar-refractivity contribution in [2.75, 3.05) is 26.2 Å². The van der Waals surface area contributed by atoms with Gasteiger partial charge in [0.05, 0.1) is 19.2 Å². The highest BCUT2D eigenvalue weighted by Crippen LogP contribution is 2.16. The first-order chi connectivity index (χ1) is 7.29. The predicted octanol–water partition coefficient (Wildman–Crippen LogP) is 0.359. The molecule has 0 aromatic rings. The van der Waals surface area contributed by atoms with E-state index in [2.05, 4.69) is 5.32 Å². The van der Waals surface area contributed by atoms with Crippen LogP contribution in [0.15, 0.2) is 0 Å². The van der Waals surface area contributed by atoms with Gasteiger partial charge in [0.25, 0.3) is 0 Å². The molecule has 1 atom stereocenters. The lowest BCUT2D eigenvalue weighted by atomic mass is 10.1. The van der Waals surface area contributed by atoms with Crippen LogP contribution in [-0.4, -0.2) is 48.2 Å². The van der Waals surface area contributed by atoms with Crippen LogP contribution < -0.4 is 5.32 Å². The first-order valence-corrected chi connectivity index (χ1v) is 5.90. The number of aliphatic hydroxyl groups excluding tert-OH is 1. The van der Waals surface area contributed by atoms with Crippen molar-refractivity contribution in [3.63, 3.8) is 0 Å². The molecule has 0 saturated carbocycles. The molecule has 1 rings (SSSR count). The van der Waals surface area contributed by atoms with Crippen molar-refractivity contribution < 1.29 is 9.90 Å². The normalized spacial score (nSPS) is 22.5. The first-order valence-electron chi connectivity index (χ1n) is 5.90. The molecule has 4 nitrogen and oxygen atoms in total. The molecule has 88 valence electrons. The van der Waals surface area contributed by atoms with Crippen LogP contribution in [0.5, 0.6) is 0 Å². The highest BCUT2D eigenvalue weighted by molar-refractivity contribution is 5.78. The smallest absolute Gasteiger partial charge is 0.236 e. The maximum atomic E-state index is 11.8. The molecule has 15 heavy (non-hydrogen) atoms. The summed E-state index contributed by atoms with van der Waals surface area (Å²) in [6, 6.07) is 0.0404. The Kier molecular flexibility index (Phi) is 5.65. The summed E-state index contributed by atoms with van der Waals surface area (Å²) in [7, 11) is 0. The second kappa shape index (κ2) is 6.80. The van der Waals surface area contributed by atoms with Crippen LogP contribution in [-0.2, 0) is 4.79 Å². The molecule has 0 radical (unpaired) electrons. The second-order valence-corrected chi connectivity index (χ2v) is 4.05. The lowest BCUT2D eigenvalue weighted by molar-refractivity contribution is -0.133. The van der Waals surface area contributed by atoms with Crippen molar-refractivity contribution in [1.29, 1.82) is 0 Å². The van der Waals surface area contributed by atoms with Crippen LogP contribution in [0.1, 0.15) is 32.6 Å². The van der Waals surface area contributed by atoms with Gasteiger partial charge < -0.3 is 15.3 Å². The number of aliphatic hydroxyl groups is 1. The molecule has 4 heteroatoms. The van der Waals surface area contributed by atoms with Gasteiger partial charge in [0.1, 0.15) is 0 Å². The van der Waals surface area contributed by atoms with E-state index in [4.69, 9.17) is 0 Å². The van der Waals surface area contributed by atoms with Gasteiger partial charge in [0, 0.05) is 6.54 Å².